The minimum Gasteiger partial charge on any atom is -0.343 e. The molecular formula is C10H14O3. The van der Waals surface area contributed by atoms with Crippen LogP contribution < -0.4 is 0 Å². The summed E-state index contributed by atoms with van der Waals surface area (Å²) in [5.41, 5.74) is 1.81. The van der Waals surface area contributed by atoms with Crippen LogP contribution in [0.2, 0.25) is 0 Å². The molecule has 0 aliphatic heterocycles. The second kappa shape index (κ2) is 3.44. The highest BCUT2D eigenvalue weighted by Gasteiger charge is 2.41. The van der Waals surface area contributed by atoms with Crippen molar-refractivity contribution in [1.82, 2.24) is 0 Å². The van der Waals surface area contributed by atoms with Gasteiger partial charge in [0.15, 0.2) is 0 Å². The van der Waals surface area contributed by atoms with Crippen molar-refractivity contribution in [3.8, 4) is 0 Å². The second-order valence-corrected chi connectivity index (χ2v) is 3.03. The SMILES string of the molecule is COC1(OC)C(=O)C=CC(C)=C1C. The number of carbonyl (C=O) groups is 1. The van der Waals surface area contributed by atoms with Crippen molar-refractivity contribution in [3.05, 3.63) is 23.3 Å². The van der Waals surface area contributed by atoms with Crippen molar-refractivity contribution < 1.29 is 14.3 Å². The summed E-state index contributed by atoms with van der Waals surface area (Å²) in [6.07, 6.45) is 3.25. The zero-order valence-corrected chi connectivity index (χ0v) is 8.38. The maximum Gasteiger partial charge on any atom is 0.256 e. The fourth-order valence-corrected chi connectivity index (χ4v) is 1.47. The lowest BCUT2D eigenvalue weighted by molar-refractivity contribution is -0.186. The fourth-order valence-electron chi connectivity index (χ4n) is 1.47. The normalized spacial score (nSPS) is 21.1. The standard InChI is InChI=1S/C10H14O3/c1-7-5-6-9(11)10(12-3,13-4)8(7)2/h5-6H,1-4H3. The van der Waals surface area contributed by atoms with Gasteiger partial charge in [-0.1, -0.05) is 6.08 Å². The molecule has 1 aliphatic rings. The van der Waals surface area contributed by atoms with Crippen molar-refractivity contribution in [3.63, 3.8) is 0 Å². The van der Waals surface area contributed by atoms with Crippen LogP contribution in [0.4, 0.5) is 0 Å². The highest BCUT2D eigenvalue weighted by Crippen LogP contribution is 2.30. The van der Waals surface area contributed by atoms with Crippen LogP contribution in [-0.4, -0.2) is 25.8 Å². The number of hydrogen-bond acceptors (Lipinski definition) is 3. The first kappa shape index (κ1) is 10.2. The van der Waals surface area contributed by atoms with Gasteiger partial charge in [0.2, 0.25) is 5.78 Å². The molecule has 0 fully saturated rings. The van der Waals surface area contributed by atoms with Gasteiger partial charge >= 0.3 is 0 Å². The summed E-state index contributed by atoms with van der Waals surface area (Å²) in [6.45, 7) is 3.76. The molecule has 1 aliphatic carbocycles. The molecule has 13 heavy (non-hydrogen) atoms. The van der Waals surface area contributed by atoms with E-state index in [0.717, 1.165) is 11.1 Å². The van der Waals surface area contributed by atoms with E-state index in [2.05, 4.69) is 0 Å². The third-order valence-corrected chi connectivity index (χ3v) is 2.47. The number of allylic oxidation sites excluding steroid dienone is 2. The molecule has 0 bridgehead atoms. The maximum atomic E-state index is 11.6. The number of rotatable bonds is 2. The van der Waals surface area contributed by atoms with Gasteiger partial charge in [0.1, 0.15) is 0 Å². The molecule has 0 saturated carbocycles. The number of ketones is 1. The molecule has 3 nitrogen and oxygen atoms in total. The highest BCUT2D eigenvalue weighted by molar-refractivity contribution is 6.00. The van der Waals surface area contributed by atoms with Crippen molar-refractivity contribution in [2.75, 3.05) is 14.2 Å². The van der Waals surface area contributed by atoms with Crippen molar-refractivity contribution in [2.24, 2.45) is 0 Å². The summed E-state index contributed by atoms with van der Waals surface area (Å²) in [5, 5.41) is 0. The predicted molar refractivity (Wildman–Crippen MR) is 49.3 cm³/mol. The smallest absolute Gasteiger partial charge is 0.256 e. The summed E-state index contributed by atoms with van der Waals surface area (Å²) in [5.74, 6) is -1.36. The Kier molecular flexibility index (Phi) is 2.68. The molecule has 72 valence electrons. The minimum atomic E-state index is -1.20. The monoisotopic (exact) mass is 182 g/mol. The van der Waals surface area contributed by atoms with Crippen molar-refractivity contribution in [2.45, 2.75) is 19.6 Å². The van der Waals surface area contributed by atoms with Gasteiger partial charge in [0, 0.05) is 14.2 Å². The van der Waals surface area contributed by atoms with Crippen LogP contribution in [0.15, 0.2) is 23.3 Å². The maximum absolute atomic E-state index is 11.6. The van der Waals surface area contributed by atoms with Crippen molar-refractivity contribution >= 4 is 5.78 Å². The minimum absolute atomic E-state index is 0.166. The van der Waals surface area contributed by atoms with Gasteiger partial charge in [-0.3, -0.25) is 4.79 Å². The van der Waals surface area contributed by atoms with Crippen LogP contribution in [0.25, 0.3) is 0 Å². The number of carbonyl (C=O) groups excluding carboxylic acids is 1. The summed E-state index contributed by atoms with van der Waals surface area (Å²) >= 11 is 0. The lowest BCUT2D eigenvalue weighted by atomic mass is 9.92. The van der Waals surface area contributed by atoms with E-state index in [4.69, 9.17) is 9.47 Å². The highest BCUT2D eigenvalue weighted by atomic mass is 16.7. The Hall–Kier alpha value is -0.930. The van der Waals surface area contributed by atoms with Crippen LogP contribution >= 0.6 is 0 Å². The predicted octanol–water partition coefficient (Wildman–Crippen LogP) is 1.45. The van der Waals surface area contributed by atoms with Crippen molar-refractivity contribution in [1.29, 1.82) is 0 Å². The Balaban J connectivity index is 3.21. The van der Waals surface area contributed by atoms with Gasteiger partial charge in [-0.25, -0.2) is 0 Å². The van der Waals surface area contributed by atoms with E-state index in [1.807, 2.05) is 13.8 Å². The van der Waals surface area contributed by atoms with Gasteiger partial charge in [-0.15, -0.1) is 0 Å². The molecule has 0 aromatic carbocycles. The molecular weight excluding hydrogens is 168 g/mol. The Labute approximate surface area is 78.0 Å². The molecule has 0 heterocycles. The molecule has 0 aromatic rings. The van der Waals surface area contributed by atoms with E-state index in [9.17, 15) is 4.79 Å². The Morgan fingerprint density at radius 2 is 1.69 bits per heavy atom. The van der Waals surface area contributed by atoms with Crippen LogP contribution in [0.5, 0.6) is 0 Å². The zero-order chi connectivity index (χ0) is 10.1. The molecule has 0 N–H and O–H groups in total. The lowest BCUT2D eigenvalue weighted by Gasteiger charge is -2.32. The van der Waals surface area contributed by atoms with Crippen LogP contribution in [-0.2, 0) is 14.3 Å². The lowest BCUT2D eigenvalue weighted by Crippen LogP contribution is -2.44. The van der Waals surface area contributed by atoms with E-state index in [-0.39, 0.29) is 5.78 Å². The molecule has 1 rings (SSSR count). The first-order valence-corrected chi connectivity index (χ1v) is 4.09. The van der Waals surface area contributed by atoms with E-state index >= 15 is 0 Å². The van der Waals surface area contributed by atoms with Crippen LogP contribution in [0.3, 0.4) is 0 Å². The number of methoxy groups -OCH3 is 2. The van der Waals surface area contributed by atoms with Gasteiger partial charge in [0.05, 0.1) is 0 Å². The second-order valence-electron chi connectivity index (χ2n) is 3.03. The first-order valence-electron chi connectivity index (χ1n) is 4.09. The molecule has 3 heteroatoms. The molecule has 0 amide bonds. The molecule has 0 spiro atoms. The Morgan fingerprint density at radius 1 is 1.15 bits per heavy atom. The molecule has 0 unspecified atom stereocenters. The van der Waals surface area contributed by atoms with Gasteiger partial charge < -0.3 is 9.47 Å². The first-order chi connectivity index (χ1) is 6.08. The van der Waals surface area contributed by atoms with Gasteiger partial charge in [-0.2, -0.15) is 0 Å². The summed E-state index contributed by atoms with van der Waals surface area (Å²) in [7, 11) is 2.94. The Morgan fingerprint density at radius 3 is 2.08 bits per heavy atom. The van der Waals surface area contributed by atoms with Crippen LogP contribution in [0.1, 0.15) is 13.8 Å². The van der Waals surface area contributed by atoms with Crippen LogP contribution in [0, 0.1) is 0 Å². The summed E-state index contributed by atoms with van der Waals surface area (Å²) in [4.78, 5) is 11.6. The topological polar surface area (TPSA) is 35.5 Å². The Bertz CT molecular complexity index is 283. The third-order valence-electron chi connectivity index (χ3n) is 2.47. The van der Waals surface area contributed by atoms with Gasteiger partial charge in [-0.05, 0) is 31.1 Å². The van der Waals surface area contributed by atoms with E-state index in [1.165, 1.54) is 20.3 Å². The van der Waals surface area contributed by atoms with E-state index in [1.54, 1.807) is 6.08 Å². The molecule has 0 saturated heterocycles. The van der Waals surface area contributed by atoms with E-state index < -0.39 is 5.79 Å². The average Bonchev–Trinajstić information content (AvgIpc) is 2.15. The quantitative estimate of drug-likeness (QED) is 0.606. The zero-order valence-electron chi connectivity index (χ0n) is 8.38. The molecule has 0 radical (unpaired) electrons. The largest absolute Gasteiger partial charge is 0.343 e. The third kappa shape index (κ3) is 1.34. The van der Waals surface area contributed by atoms with Gasteiger partial charge in [0.25, 0.3) is 5.79 Å². The number of ether oxygens (including phenoxy) is 2. The molecule has 0 atom stereocenters. The molecule has 0 aromatic heterocycles. The summed E-state index contributed by atoms with van der Waals surface area (Å²) < 4.78 is 10.3. The van der Waals surface area contributed by atoms with E-state index in [0.29, 0.717) is 0 Å². The summed E-state index contributed by atoms with van der Waals surface area (Å²) in [6, 6.07) is 0. The number of hydrogen-bond donors (Lipinski definition) is 0. The average molecular weight is 182 g/mol. The fraction of sp³-hybridized carbons (Fsp3) is 0.500.